The van der Waals surface area contributed by atoms with Crippen molar-refractivity contribution in [3.8, 4) is 0 Å². The zero-order chi connectivity index (χ0) is 15.1. The topological polar surface area (TPSA) is 35.5 Å². The molecule has 0 unspecified atom stereocenters. The molecule has 1 fully saturated rings. The molecule has 1 aliphatic heterocycles. The van der Waals surface area contributed by atoms with Crippen molar-refractivity contribution < 1.29 is 14.3 Å². The predicted molar refractivity (Wildman–Crippen MR) is 79.0 cm³/mol. The summed E-state index contributed by atoms with van der Waals surface area (Å²) in [6.07, 6.45) is 2.33. The second-order valence-electron chi connectivity index (χ2n) is 6.63. The number of hydrogen-bond acceptors (Lipinski definition) is 3. The molecule has 0 aromatic rings. The van der Waals surface area contributed by atoms with Crippen LogP contribution in [0.2, 0.25) is 0 Å². The smallest absolute Gasteiger partial charge is 0.302 e. The van der Waals surface area contributed by atoms with Crippen LogP contribution in [-0.2, 0) is 14.3 Å². The van der Waals surface area contributed by atoms with Crippen molar-refractivity contribution in [2.75, 3.05) is 13.2 Å². The number of allylic oxidation sites excluding steroid dienone is 3. The molecule has 3 heteroatoms. The van der Waals surface area contributed by atoms with Crippen LogP contribution in [0.5, 0.6) is 0 Å². The second-order valence-corrected chi connectivity index (χ2v) is 6.63. The Kier molecular flexibility index (Phi) is 3.99. The number of esters is 1. The van der Waals surface area contributed by atoms with E-state index in [4.69, 9.17) is 9.47 Å². The van der Waals surface area contributed by atoms with Crippen LogP contribution < -0.4 is 0 Å². The van der Waals surface area contributed by atoms with E-state index in [2.05, 4.69) is 40.7 Å². The van der Waals surface area contributed by atoms with Gasteiger partial charge in [0.15, 0.2) is 0 Å². The molecule has 0 aromatic carbocycles. The highest BCUT2D eigenvalue weighted by atomic mass is 16.5. The summed E-state index contributed by atoms with van der Waals surface area (Å²) in [5, 5.41) is 0. The summed E-state index contributed by atoms with van der Waals surface area (Å²) < 4.78 is 11.5. The van der Waals surface area contributed by atoms with Crippen LogP contribution in [0.15, 0.2) is 23.0 Å². The van der Waals surface area contributed by atoms with E-state index in [1.807, 2.05) is 0 Å². The molecule has 0 N–H and O–H groups in total. The molecule has 1 saturated heterocycles. The molecule has 0 aromatic heterocycles. The fourth-order valence-electron chi connectivity index (χ4n) is 3.80. The van der Waals surface area contributed by atoms with Gasteiger partial charge in [-0.2, -0.15) is 0 Å². The first-order valence-electron chi connectivity index (χ1n) is 7.41. The Morgan fingerprint density at radius 3 is 2.60 bits per heavy atom. The maximum absolute atomic E-state index is 11.2. The average Bonchev–Trinajstić information content (AvgIpc) is 2.34. The molecule has 1 heterocycles. The fraction of sp³-hybridized carbons (Fsp3) is 0.706. The lowest BCUT2D eigenvalue weighted by Gasteiger charge is -2.53. The molecule has 0 amide bonds. The van der Waals surface area contributed by atoms with Gasteiger partial charge in [-0.15, -0.1) is 0 Å². The van der Waals surface area contributed by atoms with E-state index in [1.54, 1.807) is 0 Å². The lowest BCUT2D eigenvalue weighted by atomic mass is 9.57. The number of rotatable bonds is 2. The van der Waals surface area contributed by atoms with Crippen molar-refractivity contribution in [1.82, 2.24) is 0 Å². The van der Waals surface area contributed by atoms with Crippen LogP contribution in [0.3, 0.4) is 0 Å². The Bertz CT molecular complexity index is 471. The normalized spacial score (nSPS) is 36.0. The molecule has 0 spiro atoms. The van der Waals surface area contributed by atoms with E-state index in [-0.39, 0.29) is 11.4 Å². The molecule has 2 aliphatic rings. The van der Waals surface area contributed by atoms with Gasteiger partial charge in [-0.1, -0.05) is 25.5 Å². The van der Waals surface area contributed by atoms with Crippen molar-refractivity contribution in [2.24, 2.45) is 23.2 Å². The lowest BCUT2D eigenvalue weighted by Crippen LogP contribution is -2.53. The fourth-order valence-corrected chi connectivity index (χ4v) is 3.80. The van der Waals surface area contributed by atoms with Gasteiger partial charge >= 0.3 is 5.97 Å². The van der Waals surface area contributed by atoms with Gasteiger partial charge < -0.3 is 9.47 Å². The second kappa shape index (κ2) is 5.27. The third kappa shape index (κ3) is 2.27. The molecule has 112 valence electrons. The lowest BCUT2D eigenvalue weighted by molar-refractivity contribution is -0.155. The van der Waals surface area contributed by atoms with E-state index in [1.165, 1.54) is 18.1 Å². The predicted octanol–water partition coefficient (Wildman–Crippen LogP) is 3.71. The molecule has 2 bridgehead atoms. The third-order valence-corrected chi connectivity index (χ3v) is 5.13. The molecule has 0 saturated carbocycles. The van der Waals surface area contributed by atoms with Crippen LogP contribution in [0.25, 0.3) is 0 Å². The number of fused-ring (bicyclic) bond motifs is 2. The van der Waals surface area contributed by atoms with Gasteiger partial charge in [-0.3, -0.25) is 4.79 Å². The first-order valence-corrected chi connectivity index (χ1v) is 7.41. The maximum atomic E-state index is 11.2. The minimum Gasteiger partial charge on any atom is -0.497 e. The van der Waals surface area contributed by atoms with Crippen molar-refractivity contribution in [3.63, 3.8) is 0 Å². The van der Waals surface area contributed by atoms with Crippen LogP contribution in [0.4, 0.5) is 0 Å². The molecule has 20 heavy (non-hydrogen) atoms. The summed E-state index contributed by atoms with van der Waals surface area (Å²) in [5.41, 5.74) is 2.51. The SMILES string of the molecule is CC(=O)OC[C@]12COC(=C(C)C)[C@@H](C(C)=C[C@@H]1C)[C@@H]2C. The van der Waals surface area contributed by atoms with Crippen molar-refractivity contribution in [1.29, 1.82) is 0 Å². The molecule has 1 aliphatic carbocycles. The Morgan fingerprint density at radius 1 is 1.40 bits per heavy atom. The number of ether oxygens (including phenoxy) is 2. The molecule has 0 radical (unpaired) electrons. The highest BCUT2D eigenvalue weighted by Gasteiger charge is 2.53. The van der Waals surface area contributed by atoms with Gasteiger partial charge in [-0.05, 0) is 38.2 Å². The van der Waals surface area contributed by atoms with Gasteiger partial charge in [0.25, 0.3) is 0 Å². The largest absolute Gasteiger partial charge is 0.497 e. The Balaban J connectivity index is 2.41. The zero-order valence-corrected chi connectivity index (χ0v) is 13.4. The van der Waals surface area contributed by atoms with E-state index in [9.17, 15) is 4.79 Å². The summed E-state index contributed by atoms with van der Waals surface area (Å²) in [7, 11) is 0. The highest BCUT2D eigenvalue weighted by Crippen LogP contribution is 2.54. The van der Waals surface area contributed by atoms with Gasteiger partial charge in [0.05, 0.1) is 6.61 Å². The Morgan fingerprint density at radius 2 is 2.05 bits per heavy atom. The molecular formula is C17H26O3. The minimum atomic E-state index is -0.213. The van der Waals surface area contributed by atoms with Gasteiger partial charge in [0.1, 0.15) is 12.4 Å². The molecular weight excluding hydrogens is 252 g/mol. The zero-order valence-electron chi connectivity index (χ0n) is 13.4. The van der Waals surface area contributed by atoms with Crippen LogP contribution >= 0.6 is 0 Å². The maximum Gasteiger partial charge on any atom is 0.302 e. The minimum absolute atomic E-state index is 0.102. The number of hydrogen-bond donors (Lipinski definition) is 0. The quantitative estimate of drug-likeness (QED) is 0.570. The van der Waals surface area contributed by atoms with Gasteiger partial charge in [0.2, 0.25) is 0 Å². The van der Waals surface area contributed by atoms with Crippen LogP contribution in [0, 0.1) is 23.2 Å². The molecule has 2 rings (SSSR count). The standard InChI is InChI=1S/C17H26O3/c1-10(2)16-15-11(3)7-12(4)17(9-20-16,13(15)5)8-19-14(6)18/h7,12-13,15H,8-9H2,1-6H3/t12-,13-,15-,17-/m0/s1. The van der Waals surface area contributed by atoms with Gasteiger partial charge in [0, 0.05) is 18.3 Å². The van der Waals surface area contributed by atoms with Crippen molar-refractivity contribution in [2.45, 2.75) is 41.5 Å². The van der Waals surface area contributed by atoms with E-state index >= 15 is 0 Å². The number of carbonyl (C=O) groups excluding carboxylic acids is 1. The van der Waals surface area contributed by atoms with E-state index in [0.29, 0.717) is 31.0 Å². The Labute approximate surface area is 122 Å². The van der Waals surface area contributed by atoms with E-state index in [0.717, 1.165) is 5.76 Å². The summed E-state index contributed by atoms with van der Waals surface area (Å²) in [5.74, 6) is 1.99. The summed E-state index contributed by atoms with van der Waals surface area (Å²) in [6.45, 7) is 13.4. The Hall–Kier alpha value is -1.25. The first kappa shape index (κ1) is 15.1. The summed E-state index contributed by atoms with van der Waals surface area (Å²) in [4.78, 5) is 11.2. The third-order valence-electron chi connectivity index (χ3n) is 5.13. The first-order chi connectivity index (χ1) is 9.29. The van der Waals surface area contributed by atoms with Crippen molar-refractivity contribution in [3.05, 3.63) is 23.0 Å². The van der Waals surface area contributed by atoms with Crippen LogP contribution in [-0.4, -0.2) is 19.2 Å². The van der Waals surface area contributed by atoms with Gasteiger partial charge in [-0.25, -0.2) is 0 Å². The van der Waals surface area contributed by atoms with E-state index < -0.39 is 0 Å². The molecule has 4 atom stereocenters. The number of carbonyl (C=O) groups is 1. The monoisotopic (exact) mass is 278 g/mol. The average molecular weight is 278 g/mol. The summed E-state index contributed by atoms with van der Waals surface area (Å²) >= 11 is 0. The summed E-state index contributed by atoms with van der Waals surface area (Å²) in [6, 6.07) is 0. The molecule has 3 nitrogen and oxygen atoms in total. The highest BCUT2D eigenvalue weighted by molar-refractivity contribution is 5.66. The van der Waals surface area contributed by atoms with Crippen LogP contribution in [0.1, 0.15) is 41.5 Å². The van der Waals surface area contributed by atoms with Crippen molar-refractivity contribution >= 4 is 5.97 Å².